The second-order valence-electron chi connectivity index (χ2n) is 9.25. The molecule has 0 saturated carbocycles. The first-order chi connectivity index (χ1) is 18.7. The summed E-state index contributed by atoms with van der Waals surface area (Å²) in [5, 5.41) is 5.22. The van der Waals surface area contributed by atoms with Crippen LogP contribution in [0.15, 0.2) is 65.6 Å². The van der Waals surface area contributed by atoms with Crippen molar-refractivity contribution in [2.75, 3.05) is 5.75 Å². The van der Waals surface area contributed by atoms with Crippen LogP contribution in [0.5, 0.6) is 11.5 Å². The highest BCUT2D eigenvalue weighted by Crippen LogP contribution is 2.46. The summed E-state index contributed by atoms with van der Waals surface area (Å²) in [5.41, 5.74) is 3.56. The SMILES string of the molecule is C/C=S(/CC)c1ccc(CNC(=O)c2ccc3c(c2)nc(CC)n3[C@@H](C)c2cccc3c2OC(F)(F)O3)cc1. The van der Waals surface area contributed by atoms with E-state index in [0.717, 1.165) is 22.7 Å². The molecule has 2 atom stereocenters. The number of rotatable bonds is 8. The van der Waals surface area contributed by atoms with Gasteiger partial charge in [-0.05, 0) is 61.6 Å². The molecule has 1 aromatic heterocycles. The number of para-hydroxylation sites is 1. The van der Waals surface area contributed by atoms with E-state index < -0.39 is 6.29 Å². The number of benzene rings is 3. The average molecular weight is 552 g/mol. The van der Waals surface area contributed by atoms with E-state index >= 15 is 0 Å². The number of hydrogen-bond donors (Lipinski definition) is 1. The van der Waals surface area contributed by atoms with Gasteiger partial charge in [0, 0.05) is 29.0 Å². The standard InChI is InChI=1S/C30H31F2N3O3S/c1-5-27-34-24-17-21(29(36)33-18-20-11-14-22(15-12-20)39(6-2)7-3)13-16-25(24)35(27)19(4)23-9-8-10-26-28(23)38-30(31,32)37-26/h6,8-17,19H,5,7,18H2,1-4H3,(H,33,36)/t19-,39?/m0/s1. The molecule has 0 aliphatic carbocycles. The third kappa shape index (κ3) is 5.28. The van der Waals surface area contributed by atoms with Gasteiger partial charge in [0.25, 0.3) is 5.91 Å². The predicted molar refractivity (Wildman–Crippen MR) is 151 cm³/mol. The lowest BCUT2D eigenvalue weighted by molar-refractivity contribution is -0.287. The Morgan fingerprint density at radius 1 is 1.13 bits per heavy atom. The van der Waals surface area contributed by atoms with Crippen LogP contribution < -0.4 is 14.8 Å². The zero-order valence-electron chi connectivity index (χ0n) is 22.3. The molecule has 1 amide bonds. The van der Waals surface area contributed by atoms with Crippen LogP contribution in [0.3, 0.4) is 0 Å². The normalized spacial score (nSPS) is 15.4. The molecule has 0 fully saturated rings. The number of alkyl halides is 2. The minimum absolute atomic E-state index is 0.00899. The smallest absolute Gasteiger partial charge is 0.395 e. The Morgan fingerprint density at radius 2 is 1.90 bits per heavy atom. The van der Waals surface area contributed by atoms with Gasteiger partial charge in [-0.1, -0.05) is 43.5 Å². The van der Waals surface area contributed by atoms with E-state index in [0.29, 0.717) is 29.6 Å². The average Bonchev–Trinajstić information content (AvgIpc) is 3.47. The highest BCUT2D eigenvalue weighted by molar-refractivity contribution is 8.15. The minimum Gasteiger partial charge on any atom is -0.395 e. The van der Waals surface area contributed by atoms with Crippen LogP contribution in [0.2, 0.25) is 0 Å². The van der Waals surface area contributed by atoms with Crippen molar-refractivity contribution in [3.8, 4) is 11.5 Å². The van der Waals surface area contributed by atoms with Crippen molar-refractivity contribution >= 4 is 32.8 Å². The number of carbonyl (C=O) groups is 1. The van der Waals surface area contributed by atoms with Crippen molar-refractivity contribution < 1.29 is 23.0 Å². The van der Waals surface area contributed by atoms with Crippen molar-refractivity contribution in [3.63, 3.8) is 0 Å². The Bertz CT molecular complexity index is 1560. The lowest BCUT2D eigenvalue weighted by atomic mass is 10.1. The molecule has 39 heavy (non-hydrogen) atoms. The Morgan fingerprint density at radius 3 is 2.59 bits per heavy atom. The third-order valence-corrected chi connectivity index (χ3v) is 8.98. The number of carbonyl (C=O) groups excluding carboxylic acids is 1. The van der Waals surface area contributed by atoms with Gasteiger partial charge in [-0.3, -0.25) is 4.79 Å². The number of aryl methyl sites for hydroxylation is 1. The summed E-state index contributed by atoms with van der Waals surface area (Å²) in [4.78, 5) is 19.0. The maximum Gasteiger partial charge on any atom is 0.586 e. The lowest BCUT2D eigenvalue weighted by Crippen LogP contribution is -2.26. The summed E-state index contributed by atoms with van der Waals surface area (Å²) in [7, 11) is 0.146. The number of imidazole rings is 1. The number of nitrogens with zero attached hydrogens (tertiary/aromatic N) is 2. The number of fused-ring (bicyclic) bond motifs is 2. The van der Waals surface area contributed by atoms with Gasteiger partial charge in [0.2, 0.25) is 0 Å². The molecule has 5 rings (SSSR count). The van der Waals surface area contributed by atoms with Crippen molar-refractivity contribution in [2.24, 2.45) is 0 Å². The molecule has 204 valence electrons. The molecule has 1 N–H and O–H groups in total. The minimum atomic E-state index is -3.70. The number of ether oxygens (including phenoxy) is 2. The van der Waals surface area contributed by atoms with Crippen molar-refractivity contribution in [1.29, 1.82) is 0 Å². The molecule has 4 aromatic rings. The molecule has 1 unspecified atom stereocenters. The second-order valence-corrected chi connectivity index (χ2v) is 11.6. The van der Waals surface area contributed by atoms with E-state index in [1.807, 2.05) is 24.5 Å². The van der Waals surface area contributed by atoms with Gasteiger partial charge in [-0.15, -0.1) is 8.78 Å². The fourth-order valence-corrected chi connectivity index (χ4v) is 6.39. The van der Waals surface area contributed by atoms with Crippen LogP contribution in [0.4, 0.5) is 8.78 Å². The van der Waals surface area contributed by atoms with Gasteiger partial charge in [0.1, 0.15) is 5.82 Å². The summed E-state index contributed by atoms with van der Waals surface area (Å²) < 4.78 is 39.0. The molecule has 3 aromatic carbocycles. The molecule has 0 radical (unpaired) electrons. The number of amides is 1. The molecule has 0 bridgehead atoms. The van der Waals surface area contributed by atoms with E-state index in [2.05, 4.69) is 53.5 Å². The molecule has 0 spiro atoms. The zero-order valence-corrected chi connectivity index (χ0v) is 23.1. The Labute approximate surface area is 228 Å². The molecular formula is C30H31F2N3O3S. The second kappa shape index (κ2) is 10.8. The Hall–Kier alpha value is -3.72. The van der Waals surface area contributed by atoms with Crippen LogP contribution >= 0.6 is 10.5 Å². The van der Waals surface area contributed by atoms with Crippen LogP contribution in [0.1, 0.15) is 61.0 Å². The van der Waals surface area contributed by atoms with Crippen LogP contribution in [-0.2, 0) is 13.0 Å². The number of halogens is 2. The van der Waals surface area contributed by atoms with Crippen LogP contribution in [-0.4, -0.2) is 32.9 Å². The molecule has 9 heteroatoms. The highest BCUT2D eigenvalue weighted by atomic mass is 32.2. The number of hydrogen-bond acceptors (Lipinski definition) is 4. The summed E-state index contributed by atoms with van der Waals surface area (Å²) in [5.74, 6) is 1.70. The predicted octanol–water partition coefficient (Wildman–Crippen LogP) is 6.93. The van der Waals surface area contributed by atoms with Gasteiger partial charge in [-0.2, -0.15) is 10.5 Å². The Kier molecular flexibility index (Phi) is 7.44. The van der Waals surface area contributed by atoms with Gasteiger partial charge < -0.3 is 19.4 Å². The topological polar surface area (TPSA) is 65.4 Å². The summed E-state index contributed by atoms with van der Waals surface area (Å²) in [6.07, 6.45) is -3.08. The lowest BCUT2D eigenvalue weighted by Gasteiger charge is -2.19. The fourth-order valence-electron chi connectivity index (χ4n) is 4.97. The highest BCUT2D eigenvalue weighted by Gasteiger charge is 2.45. The van der Waals surface area contributed by atoms with Crippen molar-refractivity contribution in [3.05, 3.63) is 83.2 Å². The van der Waals surface area contributed by atoms with E-state index in [-0.39, 0.29) is 33.9 Å². The van der Waals surface area contributed by atoms with Gasteiger partial charge >= 0.3 is 6.29 Å². The van der Waals surface area contributed by atoms with E-state index in [1.54, 1.807) is 24.3 Å². The first-order valence-corrected chi connectivity index (χ1v) is 14.5. The maximum atomic E-state index is 13.8. The van der Waals surface area contributed by atoms with E-state index in [1.165, 1.54) is 11.0 Å². The maximum absolute atomic E-state index is 13.8. The van der Waals surface area contributed by atoms with E-state index in [4.69, 9.17) is 9.72 Å². The molecular weight excluding hydrogens is 520 g/mol. The molecule has 1 aliphatic heterocycles. The van der Waals surface area contributed by atoms with Crippen LogP contribution in [0.25, 0.3) is 11.0 Å². The van der Waals surface area contributed by atoms with Gasteiger partial charge in [0.05, 0.1) is 17.1 Å². The molecule has 2 heterocycles. The number of aromatic nitrogens is 2. The van der Waals surface area contributed by atoms with Gasteiger partial charge in [0.15, 0.2) is 11.5 Å². The van der Waals surface area contributed by atoms with Crippen molar-refractivity contribution in [1.82, 2.24) is 14.9 Å². The summed E-state index contributed by atoms with van der Waals surface area (Å²) in [6, 6.07) is 18.3. The summed E-state index contributed by atoms with van der Waals surface area (Å²) in [6.45, 7) is 8.57. The summed E-state index contributed by atoms with van der Waals surface area (Å²) >= 11 is 0. The third-order valence-electron chi connectivity index (χ3n) is 6.91. The van der Waals surface area contributed by atoms with Crippen molar-refractivity contribution in [2.45, 2.75) is 57.9 Å². The monoisotopic (exact) mass is 551 g/mol. The van der Waals surface area contributed by atoms with Crippen LogP contribution in [0, 0.1) is 0 Å². The Balaban J connectivity index is 1.37. The molecule has 0 saturated heterocycles. The van der Waals surface area contributed by atoms with E-state index in [9.17, 15) is 13.6 Å². The molecule has 6 nitrogen and oxygen atoms in total. The largest absolute Gasteiger partial charge is 0.586 e. The zero-order chi connectivity index (χ0) is 27.7. The number of nitrogens with one attached hydrogen (secondary N) is 1. The fraction of sp³-hybridized carbons (Fsp3) is 0.300. The quantitative estimate of drug-likeness (QED) is 0.241. The first kappa shape index (κ1) is 26.9. The first-order valence-electron chi connectivity index (χ1n) is 13.0. The van der Waals surface area contributed by atoms with Gasteiger partial charge in [-0.25, -0.2) is 4.98 Å². The molecule has 1 aliphatic rings.